The van der Waals surface area contributed by atoms with Crippen LogP contribution in [0.25, 0.3) is 0 Å². The summed E-state index contributed by atoms with van der Waals surface area (Å²) in [4.78, 5) is 0. The van der Waals surface area contributed by atoms with E-state index in [2.05, 4.69) is 16.9 Å². The summed E-state index contributed by atoms with van der Waals surface area (Å²) in [5.41, 5.74) is 9.51. The lowest BCUT2D eigenvalue weighted by molar-refractivity contribution is 0.238. The fourth-order valence-electron chi connectivity index (χ4n) is 3.09. The molecular formula is C19H24N2O3S. The van der Waals surface area contributed by atoms with Crippen LogP contribution in [0.2, 0.25) is 0 Å². The average molecular weight is 360 g/mol. The van der Waals surface area contributed by atoms with Gasteiger partial charge in [-0.3, -0.25) is 0 Å². The molecule has 2 atom stereocenters. The lowest BCUT2D eigenvalue weighted by atomic mass is 9.84. The van der Waals surface area contributed by atoms with Crippen molar-refractivity contribution in [3.63, 3.8) is 0 Å². The molecule has 0 saturated heterocycles. The summed E-state index contributed by atoms with van der Waals surface area (Å²) in [6.07, 6.45) is 0.836. The van der Waals surface area contributed by atoms with Crippen LogP contribution in [0.1, 0.15) is 29.5 Å². The van der Waals surface area contributed by atoms with Crippen LogP contribution in [0.15, 0.2) is 48.5 Å². The number of fused-ring (bicyclic) bond motifs is 1. The Labute approximate surface area is 149 Å². The standard InChI is InChI=1S/C19H24N2O3S/c1-2-25(22,23)21-12-15-8-9-19-17(11-15)16(18(20)13-24-19)10-14-6-4-3-5-7-14/h3-9,11,16,18,21H,2,10,12-13,20H2,1H3/t16-,18-/m1/s1. The van der Waals surface area contributed by atoms with Crippen LogP contribution in [0.5, 0.6) is 5.75 Å². The molecule has 0 unspecified atom stereocenters. The van der Waals surface area contributed by atoms with Crippen molar-refractivity contribution >= 4 is 10.0 Å². The summed E-state index contributed by atoms with van der Waals surface area (Å²) >= 11 is 0. The van der Waals surface area contributed by atoms with E-state index in [0.29, 0.717) is 6.61 Å². The zero-order valence-corrected chi connectivity index (χ0v) is 15.1. The lowest BCUT2D eigenvalue weighted by Gasteiger charge is -2.32. The molecule has 0 aromatic heterocycles. The molecule has 1 aliphatic rings. The van der Waals surface area contributed by atoms with Gasteiger partial charge < -0.3 is 10.5 Å². The Morgan fingerprint density at radius 3 is 2.64 bits per heavy atom. The molecule has 2 aromatic carbocycles. The van der Waals surface area contributed by atoms with Gasteiger partial charge in [-0.2, -0.15) is 0 Å². The number of ether oxygens (including phenoxy) is 1. The highest BCUT2D eigenvalue weighted by Gasteiger charge is 2.28. The molecule has 134 valence electrons. The predicted molar refractivity (Wildman–Crippen MR) is 99.1 cm³/mol. The third-order valence-corrected chi connectivity index (χ3v) is 5.94. The van der Waals surface area contributed by atoms with Crippen molar-refractivity contribution in [1.82, 2.24) is 4.72 Å². The quantitative estimate of drug-likeness (QED) is 0.827. The SMILES string of the molecule is CCS(=O)(=O)NCc1ccc2c(c1)[C@@H](Cc1ccccc1)[C@H](N)CO2. The van der Waals surface area contributed by atoms with Gasteiger partial charge in [0, 0.05) is 18.5 Å². The monoisotopic (exact) mass is 360 g/mol. The minimum absolute atomic E-state index is 0.0720. The molecule has 0 amide bonds. The van der Waals surface area contributed by atoms with Gasteiger partial charge in [0.05, 0.1) is 5.75 Å². The molecule has 3 rings (SSSR count). The molecule has 5 nitrogen and oxygen atoms in total. The van der Waals surface area contributed by atoms with Gasteiger partial charge in [0.1, 0.15) is 12.4 Å². The number of hydrogen-bond donors (Lipinski definition) is 2. The van der Waals surface area contributed by atoms with Gasteiger partial charge in [-0.05, 0) is 36.1 Å². The van der Waals surface area contributed by atoms with Gasteiger partial charge in [0.2, 0.25) is 10.0 Å². The van der Waals surface area contributed by atoms with Crippen molar-refractivity contribution in [2.75, 3.05) is 12.4 Å². The molecule has 1 heterocycles. The highest BCUT2D eigenvalue weighted by molar-refractivity contribution is 7.89. The average Bonchev–Trinajstić information content (AvgIpc) is 2.63. The Bertz CT molecular complexity index is 822. The van der Waals surface area contributed by atoms with Crippen molar-refractivity contribution in [2.24, 2.45) is 5.73 Å². The summed E-state index contributed by atoms with van der Waals surface area (Å²) < 4.78 is 31.7. The van der Waals surface area contributed by atoms with E-state index in [1.54, 1.807) is 6.92 Å². The van der Waals surface area contributed by atoms with Crippen molar-refractivity contribution in [2.45, 2.75) is 31.8 Å². The molecule has 0 spiro atoms. The number of nitrogens with one attached hydrogen (secondary N) is 1. The van der Waals surface area contributed by atoms with Gasteiger partial charge in [-0.1, -0.05) is 42.5 Å². The minimum Gasteiger partial charge on any atom is -0.492 e. The minimum atomic E-state index is -3.22. The summed E-state index contributed by atoms with van der Waals surface area (Å²) in [5.74, 6) is 1.06. The van der Waals surface area contributed by atoms with E-state index in [1.807, 2.05) is 36.4 Å². The largest absolute Gasteiger partial charge is 0.492 e. The first-order chi connectivity index (χ1) is 12.0. The number of hydrogen-bond acceptors (Lipinski definition) is 4. The van der Waals surface area contributed by atoms with Crippen LogP contribution in [-0.2, 0) is 23.0 Å². The Morgan fingerprint density at radius 1 is 1.16 bits per heavy atom. The van der Waals surface area contributed by atoms with Crippen molar-refractivity contribution in [3.8, 4) is 5.75 Å². The summed E-state index contributed by atoms with van der Waals surface area (Å²) in [6, 6.07) is 16.0. The molecule has 1 aliphatic heterocycles. The lowest BCUT2D eigenvalue weighted by Crippen LogP contribution is -2.39. The third-order valence-electron chi connectivity index (χ3n) is 4.60. The maximum Gasteiger partial charge on any atom is 0.211 e. The van der Waals surface area contributed by atoms with Gasteiger partial charge in [0.15, 0.2) is 0 Å². The van der Waals surface area contributed by atoms with Crippen LogP contribution in [0.3, 0.4) is 0 Å². The highest BCUT2D eigenvalue weighted by atomic mass is 32.2. The fourth-order valence-corrected chi connectivity index (χ4v) is 3.68. The molecule has 25 heavy (non-hydrogen) atoms. The molecule has 3 N–H and O–H groups in total. The normalized spacial score (nSPS) is 19.9. The molecule has 6 heteroatoms. The molecule has 0 bridgehead atoms. The predicted octanol–water partition coefficient (Wildman–Crippen LogP) is 2.17. The fraction of sp³-hybridized carbons (Fsp3) is 0.368. The van der Waals surface area contributed by atoms with Crippen LogP contribution >= 0.6 is 0 Å². The second kappa shape index (κ2) is 7.56. The summed E-state index contributed by atoms with van der Waals surface area (Å²) in [6.45, 7) is 2.39. The Kier molecular flexibility index (Phi) is 5.42. The molecule has 2 aromatic rings. The zero-order chi connectivity index (χ0) is 17.9. The molecule has 0 radical (unpaired) electrons. The molecule has 0 fully saturated rings. The maximum absolute atomic E-state index is 11.7. The Morgan fingerprint density at radius 2 is 1.92 bits per heavy atom. The van der Waals surface area contributed by atoms with Crippen LogP contribution in [0, 0.1) is 0 Å². The van der Waals surface area contributed by atoms with E-state index in [1.165, 1.54) is 5.56 Å². The maximum atomic E-state index is 11.7. The Balaban J connectivity index is 1.84. The van der Waals surface area contributed by atoms with E-state index in [0.717, 1.165) is 23.3 Å². The third kappa shape index (κ3) is 4.39. The van der Waals surface area contributed by atoms with Crippen LogP contribution in [0.4, 0.5) is 0 Å². The van der Waals surface area contributed by atoms with Crippen molar-refractivity contribution in [1.29, 1.82) is 0 Å². The van der Waals surface area contributed by atoms with E-state index in [9.17, 15) is 8.42 Å². The molecular weight excluding hydrogens is 336 g/mol. The summed E-state index contributed by atoms with van der Waals surface area (Å²) in [5, 5.41) is 0. The Hall–Kier alpha value is -1.89. The van der Waals surface area contributed by atoms with E-state index >= 15 is 0 Å². The smallest absolute Gasteiger partial charge is 0.211 e. The first-order valence-corrected chi connectivity index (χ1v) is 10.2. The van der Waals surface area contributed by atoms with Gasteiger partial charge in [-0.25, -0.2) is 13.1 Å². The van der Waals surface area contributed by atoms with Gasteiger partial charge >= 0.3 is 0 Å². The van der Waals surface area contributed by atoms with Gasteiger partial charge in [-0.15, -0.1) is 0 Å². The van der Waals surface area contributed by atoms with Crippen molar-refractivity contribution in [3.05, 3.63) is 65.2 Å². The molecule has 0 aliphatic carbocycles. The molecule has 0 saturated carbocycles. The van der Waals surface area contributed by atoms with Crippen LogP contribution in [-0.4, -0.2) is 26.8 Å². The van der Waals surface area contributed by atoms with Gasteiger partial charge in [0.25, 0.3) is 0 Å². The van der Waals surface area contributed by atoms with Crippen molar-refractivity contribution < 1.29 is 13.2 Å². The first kappa shape index (κ1) is 17.9. The number of rotatable bonds is 6. The van der Waals surface area contributed by atoms with Crippen LogP contribution < -0.4 is 15.2 Å². The highest BCUT2D eigenvalue weighted by Crippen LogP contribution is 2.36. The number of sulfonamides is 1. The second-order valence-corrected chi connectivity index (χ2v) is 8.46. The topological polar surface area (TPSA) is 81.4 Å². The van der Waals surface area contributed by atoms with E-state index < -0.39 is 10.0 Å². The second-order valence-electron chi connectivity index (χ2n) is 6.37. The van der Waals surface area contributed by atoms with E-state index in [-0.39, 0.29) is 24.3 Å². The summed E-state index contributed by atoms with van der Waals surface area (Å²) in [7, 11) is -3.22. The zero-order valence-electron chi connectivity index (χ0n) is 14.3. The van der Waals surface area contributed by atoms with E-state index in [4.69, 9.17) is 10.5 Å². The number of benzene rings is 2. The number of nitrogens with two attached hydrogens (primary N) is 1. The first-order valence-electron chi connectivity index (χ1n) is 8.51.